The smallest absolute Gasteiger partial charge is 0.358 e. The lowest BCUT2D eigenvalue weighted by atomic mass is 10.1. The first-order valence-electron chi connectivity index (χ1n) is 25.3. The number of fused-ring (bicyclic) bond motifs is 1. The van der Waals surface area contributed by atoms with Gasteiger partial charge in [0.15, 0.2) is 23.0 Å². The van der Waals surface area contributed by atoms with Crippen LogP contribution in [-0.4, -0.2) is 74.8 Å². The number of hydrogen-bond donors (Lipinski definition) is 2. The Morgan fingerprint density at radius 3 is 1.32 bits per heavy atom. The molecule has 0 aliphatic carbocycles. The molecule has 0 bridgehead atoms. The second-order valence-corrected chi connectivity index (χ2v) is 38.3. The van der Waals surface area contributed by atoms with Crippen LogP contribution in [0.4, 0.5) is 0 Å². The Bertz CT molecular complexity index is 3680. The summed E-state index contributed by atoms with van der Waals surface area (Å²) in [6.07, 6.45) is 0.0216. The molecule has 3 aromatic heterocycles. The molecule has 0 radical (unpaired) electrons. The fraction of sp³-hybridized carbons (Fsp3) is 0.150. The number of carbonyl (C=O) groups excluding carboxylic acids is 1. The molecule has 3 heterocycles. The zero-order chi connectivity index (χ0) is 58.1. The number of H-pyrrole nitrogens is 1. The van der Waals surface area contributed by atoms with E-state index in [1.54, 1.807) is 45.3 Å². The number of benzene rings is 7. The van der Waals surface area contributed by atoms with Gasteiger partial charge in [0.1, 0.15) is 59.1 Å². The second kappa shape index (κ2) is 30.0. The van der Waals surface area contributed by atoms with Crippen LogP contribution in [-0.2, 0) is 32.7 Å². The Labute approximate surface area is 492 Å². The molecule has 0 aliphatic heterocycles. The van der Waals surface area contributed by atoms with Crippen LogP contribution in [0.5, 0.6) is 34.5 Å². The van der Waals surface area contributed by atoms with Crippen molar-refractivity contribution < 1.29 is 43.1 Å². The van der Waals surface area contributed by atoms with Gasteiger partial charge in [0.05, 0.1) is 59.0 Å². The Morgan fingerprint density at radius 1 is 0.537 bits per heavy atom. The molecule has 2 N–H and O–H groups in total. The number of halogens is 1. The number of carboxylic acid groups (broad SMARTS) is 1. The molecule has 0 aliphatic rings. The minimum atomic E-state index is -1.11. The monoisotopic (exact) mass is 1230 g/mol. The number of ether oxygens (including phenoxy) is 6. The zero-order valence-corrected chi connectivity index (χ0v) is 52.5. The highest BCUT2D eigenvalue weighted by Gasteiger charge is 2.29. The Balaban J connectivity index is 0.000000201. The second-order valence-electron chi connectivity index (χ2n) is 18.1. The molecule has 0 spiro atoms. The standard InChI is InChI=1S/C34H29ClN4O4.C26H24N2O5.H8P6/c1-41-26-13-8-22(9-14-26)20-39-33(30(40)19-31-36-28-17-12-25(35)18-29(28)37-31)34(32(38-39)24-6-4-3-5-7-24)43-21-23-10-15-27(42-2)16-11-23;1-31-21-12-8-18(9-13-21)16-28-24(26(29)30)25(23(27-28)20-6-4-3-5-7-20)33-17-19-10-14-22(32-2)15-11-19;1-5(2)6(3)4/h3-18H,19-21H2,1-2H3,(H,36,37);3-15H,16-17H2,1-2H3,(H,29,30);1-4H2. The van der Waals surface area contributed by atoms with Gasteiger partial charge in [-0.15, -0.1) is 35.7 Å². The minimum Gasteiger partial charge on any atom is -0.497 e. The highest BCUT2D eigenvalue weighted by molar-refractivity contribution is 8.92. The third kappa shape index (κ3) is 16.5. The van der Waals surface area contributed by atoms with E-state index < -0.39 is 5.97 Å². The van der Waals surface area contributed by atoms with E-state index in [0.717, 1.165) is 67.4 Å². The topological polar surface area (TPSA) is 174 Å². The van der Waals surface area contributed by atoms with Crippen molar-refractivity contribution in [3.05, 3.63) is 220 Å². The average Bonchev–Trinajstić information content (AvgIpc) is 4.40. The Morgan fingerprint density at radius 2 is 0.927 bits per heavy atom. The van der Waals surface area contributed by atoms with Crippen LogP contribution in [0.3, 0.4) is 0 Å². The van der Waals surface area contributed by atoms with E-state index in [1.165, 1.54) is 4.68 Å². The van der Waals surface area contributed by atoms with Crippen LogP contribution >= 0.6 is 61.3 Å². The molecule has 15 nitrogen and oxygen atoms in total. The lowest BCUT2D eigenvalue weighted by Crippen LogP contribution is -2.15. The van der Waals surface area contributed by atoms with Gasteiger partial charge in [-0.1, -0.05) is 121 Å². The van der Waals surface area contributed by atoms with Crippen LogP contribution in [0.15, 0.2) is 176 Å². The van der Waals surface area contributed by atoms with E-state index in [1.807, 2.05) is 164 Å². The van der Waals surface area contributed by atoms with Crippen LogP contribution in [0.25, 0.3) is 33.5 Å². The summed E-state index contributed by atoms with van der Waals surface area (Å²) in [6, 6.07) is 54.7. The highest BCUT2D eigenvalue weighted by Crippen LogP contribution is 2.86. The van der Waals surface area contributed by atoms with Crippen molar-refractivity contribution in [2.24, 2.45) is 0 Å². The molecular weight excluding hydrogens is 1170 g/mol. The minimum absolute atomic E-state index is 0.00168. The van der Waals surface area contributed by atoms with Crippen LogP contribution in [0.2, 0.25) is 5.02 Å². The molecule has 10 aromatic rings. The quantitative estimate of drug-likeness (QED) is 0.0515. The fourth-order valence-corrected chi connectivity index (χ4v) is 8.53. The number of Topliss-reactive ketones (excluding diaryl/α,β-unsaturated/α-hetero) is 1. The third-order valence-electron chi connectivity index (χ3n) is 12.5. The Hall–Kier alpha value is -6.76. The van der Waals surface area contributed by atoms with E-state index in [-0.39, 0.29) is 57.4 Å². The number of hydrogen-bond acceptors (Lipinski definition) is 11. The molecule has 0 fully saturated rings. The van der Waals surface area contributed by atoms with Gasteiger partial charge in [-0.05, 0) is 103 Å². The van der Waals surface area contributed by atoms with Gasteiger partial charge in [-0.2, -0.15) is 10.2 Å². The summed E-state index contributed by atoms with van der Waals surface area (Å²) < 4.78 is 36.7. The van der Waals surface area contributed by atoms with Gasteiger partial charge < -0.3 is 38.5 Å². The number of aromatic nitrogens is 6. The first-order valence-corrected chi connectivity index (χ1v) is 35.6. The van der Waals surface area contributed by atoms with Gasteiger partial charge in [-0.3, -0.25) is 9.48 Å². The average molecular weight is 1230 g/mol. The summed E-state index contributed by atoms with van der Waals surface area (Å²) in [5, 5.41) is 20.2. The van der Waals surface area contributed by atoms with Crippen molar-refractivity contribution in [3.63, 3.8) is 0 Å². The summed E-state index contributed by atoms with van der Waals surface area (Å²) in [5.74, 6) is 2.86. The molecule has 0 saturated carbocycles. The molecule has 4 unspecified atom stereocenters. The summed E-state index contributed by atoms with van der Waals surface area (Å²) in [7, 11) is 17.6. The molecule has 22 heteroatoms. The number of imidazole rings is 1. The van der Waals surface area contributed by atoms with Gasteiger partial charge >= 0.3 is 5.97 Å². The van der Waals surface area contributed by atoms with Gasteiger partial charge in [0, 0.05) is 16.1 Å². The van der Waals surface area contributed by atoms with Crippen molar-refractivity contribution in [3.8, 4) is 57.0 Å². The van der Waals surface area contributed by atoms with E-state index in [9.17, 15) is 14.7 Å². The first kappa shape index (κ1) is 61.3. The number of nitrogens with zero attached hydrogens (tertiary/aromatic N) is 5. The predicted octanol–water partition coefficient (Wildman–Crippen LogP) is 15.1. The lowest BCUT2D eigenvalue weighted by molar-refractivity contribution is 0.0678. The first-order chi connectivity index (χ1) is 39.7. The van der Waals surface area contributed by atoms with Crippen LogP contribution in [0, 0.1) is 0 Å². The summed E-state index contributed by atoms with van der Waals surface area (Å²) in [4.78, 5) is 34.3. The molecule has 4 atom stereocenters. The summed E-state index contributed by atoms with van der Waals surface area (Å²) >= 11 is 6.17. The molecule has 0 saturated heterocycles. The van der Waals surface area contributed by atoms with E-state index in [4.69, 9.17) is 45.1 Å². The van der Waals surface area contributed by atoms with Gasteiger partial charge in [-0.25, -0.2) is 14.5 Å². The summed E-state index contributed by atoms with van der Waals surface area (Å²) in [5.41, 5.74) is 8.20. The highest BCUT2D eigenvalue weighted by atomic mass is 35.5. The van der Waals surface area contributed by atoms with Crippen molar-refractivity contribution >= 4 is 84.1 Å². The predicted molar refractivity (Wildman–Crippen MR) is 343 cm³/mol. The maximum Gasteiger partial charge on any atom is 0.358 e. The van der Waals surface area contributed by atoms with Gasteiger partial charge in [0.25, 0.3) is 0 Å². The Kier molecular flexibility index (Phi) is 22.4. The lowest BCUT2D eigenvalue weighted by Gasteiger charge is -2.11. The van der Waals surface area contributed by atoms with Crippen molar-refractivity contribution in [1.29, 1.82) is 0 Å². The molecule has 10 rings (SSSR count). The molecule has 0 amide bonds. The maximum atomic E-state index is 14.2. The number of carboxylic acids is 1. The molecule has 82 heavy (non-hydrogen) atoms. The number of aromatic carboxylic acids is 1. The number of nitrogens with one attached hydrogen (secondary N) is 1. The number of carbonyl (C=O) groups is 2. The molecule has 7 aromatic carbocycles. The zero-order valence-electron chi connectivity index (χ0n) is 45.3. The SMILES string of the molecule is COc1ccc(COc2c(-c3ccccc3)nn(Cc3ccc(OC)cc3)c2C(=O)Cc2nc3ccc(Cl)cc3[nH]2)cc1.COc1ccc(COc2c(-c3ccccc3)nn(Cc3ccc(OC)cc3)c2C(=O)O)cc1.PP(P)P(P)P. The number of rotatable bonds is 21. The van der Waals surface area contributed by atoms with Crippen molar-refractivity contribution in [1.82, 2.24) is 29.5 Å². The van der Waals surface area contributed by atoms with Crippen LogP contribution < -0.4 is 28.4 Å². The number of methoxy groups -OCH3 is 4. The maximum absolute atomic E-state index is 14.2. The van der Waals surface area contributed by atoms with Gasteiger partial charge in [0.2, 0.25) is 0 Å². The molecular formula is C60H61ClN6O9P6. The van der Waals surface area contributed by atoms with E-state index in [0.29, 0.717) is 40.2 Å². The fourth-order valence-electron chi connectivity index (χ4n) is 8.36. The van der Waals surface area contributed by atoms with E-state index in [2.05, 4.69) is 50.8 Å². The van der Waals surface area contributed by atoms with Crippen molar-refractivity contribution in [2.75, 3.05) is 28.4 Å². The third-order valence-corrected chi connectivity index (χ3v) is 34.1. The molecule has 422 valence electrons. The van der Waals surface area contributed by atoms with Crippen molar-refractivity contribution in [2.45, 2.75) is 32.7 Å². The summed E-state index contributed by atoms with van der Waals surface area (Å²) in [6.45, 7) is 1.39. The van der Waals surface area contributed by atoms with E-state index >= 15 is 0 Å². The van der Waals surface area contributed by atoms with Crippen LogP contribution in [0.1, 0.15) is 49.1 Å². The largest absolute Gasteiger partial charge is 0.497 e. The number of aromatic amines is 1. The normalized spacial score (nSPS) is 10.9. The number of ketones is 1.